The van der Waals surface area contributed by atoms with Crippen LogP contribution in [0.15, 0.2) is 58.6 Å². The molecule has 28 heavy (non-hydrogen) atoms. The molecule has 1 aromatic carbocycles. The van der Waals surface area contributed by atoms with E-state index in [2.05, 4.69) is 9.71 Å². The van der Waals surface area contributed by atoms with Gasteiger partial charge in [0.05, 0.1) is 9.79 Å². The monoisotopic (exact) mass is 423 g/mol. The summed E-state index contributed by atoms with van der Waals surface area (Å²) >= 11 is 0. The minimum Gasteiger partial charge on any atom is -0.265 e. The van der Waals surface area contributed by atoms with Crippen molar-refractivity contribution in [2.45, 2.75) is 48.4 Å². The van der Waals surface area contributed by atoms with Crippen molar-refractivity contribution in [2.75, 3.05) is 13.1 Å². The van der Waals surface area contributed by atoms with Gasteiger partial charge in [0.25, 0.3) is 0 Å². The number of sulfonamides is 2. The van der Waals surface area contributed by atoms with E-state index in [1.165, 1.54) is 28.6 Å². The molecule has 1 N–H and O–H groups in total. The number of hydrogen-bond donors (Lipinski definition) is 1. The summed E-state index contributed by atoms with van der Waals surface area (Å²) in [5.41, 5.74) is 0.981. The highest BCUT2D eigenvalue weighted by atomic mass is 32.2. The number of piperidine rings is 1. The predicted octanol–water partition coefficient (Wildman–Crippen LogP) is 2.17. The smallest absolute Gasteiger partial charge is 0.243 e. The van der Waals surface area contributed by atoms with Crippen molar-refractivity contribution in [1.29, 1.82) is 0 Å². The lowest BCUT2D eigenvalue weighted by Gasteiger charge is -2.32. The first-order valence-corrected chi connectivity index (χ1v) is 12.2. The number of rotatable bonds is 7. The van der Waals surface area contributed by atoms with Crippen LogP contribution in [0.5, 0.6) is 0 Å². The van der Waals surface area contributed by atoms with Gasteiger partial charge >= 0.3 is 0 Å². The topological polar surface area (TPSA) is 96.4 Å². The van der Waals surface area contributed by atoms with Crippen LogP contribution in [0.2, 0.25) is 0 Å². The van der Waals surface area contributed by atoms with Gasteiger partial charge in [-0.1, -0.05) is 6.42 Å². The Kier molecular flexibility index (Phi) is 6.49. The van der Waals surface area contributed by atoms with Crippen molar-refractivity contribution in [3.63, 3.8) is 0 Å². The summed E-state index contributed by atoms with van der Waals surface area (Å²) in [5.74, 6) is 0. The maximum absolute atomic E-state index is 12.8. The van der Waals surface area contributed by atoms with Crippen LogP contribution in [0.25, 0.3) is 0 Å². The van der Waals surface area contributed by atoms with Crippen molar-refractivity contribution in [3.05, 3.63) is 54.4 Å². The summed E-state index contributed by atoms with van der Waals surface area (Å²) in [4.78, 5) is 4.10. The molecule has 0 spiro atoms. The molecule has 1 aliphatic rings. The Hall–Kier alpha value is -1.81. The van der Waals surface area contributed by atoms with E-state index < -0.39 is 20.0 Å². The fourth-order valence-electron chi connectivity index (χ4n) is 3.32. The number of nitrogens with zero attached hydrogens (tertiary/aromatic N) is 2. The van der Waals surface area contributed by atoms with Crippen molar-refractivity contribution < 1.29 is 16.8 Å². The maximum atomic E-state index is 12.8. The number of pyridine rings is 1. The van der Waals surface area contributed by atoms with Gasteiger partial charge in [0, 0.05) is 31.5 Å². The van der Waals surface area contributed by atoms with Gasteiger partial charge in [0.1, 0.15) is 0 Å². The van der Waals surface area contributed by atoms with Crippen molar-refractivity contribution >= 4 is 20.0 Å². The fourth-order valence-corrected chi connectivity index (χ4v) is 6.05. The summed E-state index contributed by atoms with van der Waals surface area (Å²) in [5, 5.41) is 0. The van der Waals surface area contributed by atoms with E-state index in [9.17, 15) is 16.8 Å². The second kappa shape index (κ2) is 8.69. The second-order valence-corrected chi connectivity index (χ2v) is 10.6. The first-order valence-electron chi connectivity index (χ1n) is 9.31. The van der Waals surface area contributed by atoms with E-state index in [0.29, 0.717) is 13.0 Å². The fraction of sp³-hybridized carbons (Fsp3) is 0.421. The molecule has 0 saturated carbocycles. The molecule has 0 aliphatic carbocycles. The molecule has 0 radical (unpaired) electrons. The molecule has 2 aromatic rings. The number of aromatic nitrogens is 1. The molecule has 1 aromatic heterocycles. The van der Waals surface area contributed by atoms with Gasteiger partial charge in [-0.05, 0) is 68.1 Å². The lowest BCUT2D eigenvalue weighted by Crippen LogP contribution is -2.41. The van der Waals surface area contributed by atoms with Crippen LogP contribution in [-0.4, -0.2) is 45.3 Å². The largest absolute Gasteiger partial charge is 0.265 e. The standard InChI is InChI=1S/C19H25N3O4S2/c1-16-4-2-3-15-22(16)28(25,26)19-7-5-18(6-8-19)27(23,24)21-14-11-17-9-12-20-13-10-17/h5-10,12-13,16,21H,2-4,11,14-15H2,1H3/t16-/m0/s1. The zero-order valence-corrected chi connectivity index (χ0v) is 17.4. The van der Waals surface area contributed by atoms with E-state index in [-0.39, 0.29) is 22.4 Å². The molecule has 1 aliphatic heterocycles. The molecule has 0 bridgehead atoms. The third kappa shape index (κ3) is 4.78. The van der Waals surface area contributed by atoms with Gasteiger partial charge in [-0.15, -0.1) is 0 Å². The summed E-state index contributed by atoms with van der Waals surface area (Å²) in [6.07, 6.45) is 6.57. The molecule has 1 atom stereocenters. The van der Waals surface area contributed by atoms with Crippen LogP contribution < -0.4 is 4.72 Å². The first-order chi connectivity index (χ1) is 13.3. The predicted molar refractivity (Wildman–Crippen MR) is 107 cm³/mol. The normalized spacial score (nSPS) is 18.8. The van der Waals surface area contributed by atoms with E-state index in [1.807, 2.05) is 19.1 Å². The summed E-state index contributed by atoms with van der Waals surface area (Å²) in [7, 11) is -7.32. The van der Waals surface area contributed by atoms with Crippen molar-refractivity contribution in [3.8, 4) is 0 Å². The minimum absolute atomic E-state index is 0.0444. The molecule has 3 rings (SSSR count). The molecule has 0 amide bonds. The molecular weight excluding hydrogens is 398 g/mol. The third-order valence-electron chi connectivity index (χ3n) is 4.94. The van der Waals surface area contributed by atoms with Crippen LogP contribution >= 0.6 is 0 Å². The first kappa shape index (κ1) is 20.9. The highest BCUT2D eigenvalue weighted by Crippen LogP contribution is 2.25. The van der Waals surface area contributed by atoms with E-state index in [4.69, 9.17) is 0 Å². The number of benzene rings is 1. The SMILES string of the molecule is C[C@H]1CCCCN1S(=O)(=O)c1ccc(S(=O)(=O)NCCc2ccncc2)cc1. The maximum Gasteiger partial charge on any atom is 0.243 e. The Morgan fingerprint density at radius 1 is 1.00 bits per heavy atom. The van der Waals surface area contributed by atoms with Crippen LogP contribution in [0.3, 0.4) is 0 Å². The average molecular weight is 424 g/mol. The minimum atomic E-state index is -3.70. The average Bonchev–Trinajstić information content (AvgIpc) is 2.69. The van der Waals surface area contributed by atoms with Gasteiger partial charge < -0.3 is 0 Å². The summed E-state index contributed by atoms with van der Waals surface area (Å²) < 4.78 is 54.6. The van der Waals surface area contributed by atoms with Gasteiger partial charge in [-0.3, -0.25) is 4.98 Å². The van der Waals surface area contributed by atoms with E-state index >= 15 is 0 Å². The van der Waals surface area contributed by atoms with Crippen LogP contribution in [0.4, 0.5) is 0 Å². The zero-order chi connectivity index (χ0) is 20.2. The Morgan fingerprint density at radius 3 is 2.29 bits per heavy atom. The number of nitrogens with one attached hydrogen (secondary N) is 1. The Labute approximate surface area is 166 Å². The van der Waals surface area contributed by atoms with Crippen LogP contribution in [0.1, 0.15) is 31.7 Å². The highest BCUT2D eigenvalue weighted by molar-refractivity contribution is 7.89. The molecule has 152 valence electrons. The summed E-state index contributed by atoms with van der Waals surface area (Å²) in [6, 6.07) is 9.04. The lowest BCUT2D eigenvalue weighted by molar-refractivity contribution is 0.268. The molecule has 7 nitrogen and oxygen atoms in total. The molecular formula is C19H25N3O4S2. The summed E-state index contributed by atoms with van der Waals surface area (Å²) in [6.45, 7) is 2.65. The molecule has 1 saturated heterocycles. The second-order valence-electron chi connectivity index (χ2n) is 6.94. The van der Waals surface area contributed by atoms with E-state index in [0.717, 1.165) is 24.8 Å². The van der Waals surface area contributed by atoms with Crippen LogP contribution in [0, 0.1) is 0 Å². The van der Waals surface area contributed by atoms with Gasteiger partial charge in [0.15, 0.2) is 0 Å². The molecule has 0 unspecified atom stereocenters. The van der Waals surface area contributed by atoms with Gasteiger partial charge in [0.2, 0.25) is 20.0 Å². The van der Waals surface area contributed by atoms with Gasteiger partial charge in [-0.2, -0.15) is 4.31 Å². The molecule has 2 heterocycles. The number of hydrogen-bond acceptors (Lipinski definition) is 5. The van der Waals surface area contributed by atoms with Crippen molar-refractivity contribution in [2.24, 2.45) is 0 Å². The Balaban J connectivity index is 1.68. The van der Waals surface area contributed by atoms with Crippen LogP contribution in [-0.2, 0) is 26.5 Å². The highest BCUT2D eigenvalue weighted by Gasteiger charge is 2.31. The Morgan fingerprint density at radius 2 is 1.64 bits per heavy atom. The third-order valence-corrected chi connectivity index (χ3v) is 8.44. The molecule has 9 heteroatoms. The van der Waals surface area contributed by atoms with E-state index in [1.54, 1.807) is 12.4 Å². The zero-order valence-electron chi connectivity index (χ0n) is 15.8. The Bertz CT molecular complexity index is 991. The van der Waals surface area contributed by atoms with Gasteiger partial charge in [-0.25, -0.2) is 21.6 Å². The quantitative estimate of drug-likeness (QED) is 0.736. The lowest BCUT2D eigenvalue weighted by atomic mass is 10.1. The molecule has 1 fully saturated rings. The van der Waals surface area contributed by atoms with Crippen molar-refractivity contribution in [1.82, 2.24) is 14.0 Å².